The molecule has 0 radical (unpaired) electrons. The molecule has 1 aromatic heterocycles. The topological polar surface area (TPSA) is 38.1 Å². The molecular formula is C7H8ClN3. The number of aromatic nitrogens is 2. The first-order valence-electron chi connectivity index (χ1n) is 3.15. The van der Waals surface area contributed by atoms with Crippen LogP contribution in [0.5, 0.6) is 0 Å². The number of hydrogen-bond donors (Lipinski definition) is 0. The van der Waals surface area contributed by atoms with Crippen LogP contribution in [0.4, 0.5) is 0 Å². The Labute approximate surface area is 70.2 Å². The molecule has 0 bridgehead atoms. The number of aryl methyl sites for hydroxylation is 1. The smallest absolute Gasteiger partial charge is 0.222 e. The molecule has 0 aliphatic rings. The summed E-state index contributed by atoms with van der Waals surface area (Å²) in [6.45, 7) is 1.91. The van der Waals surface area contributed by atoms with Crippen molar-refractivity contribution in [2.45, 2.75) is 6.92 Å². The fourth-order valence-corrected chi connectivity index (χ4v) is 0.825. The molecule has 0 saturated heterocycles. The first kappa shape index (κ1) is 8.14. The summed E-state index contributed by atoms with van der Waals surface area (Å²) in [5.41, 5.74) is 1.74. The Hall–Kier alpha value is -0.960. The molecule has 11 heavy (non-hydrogen) atoms. The molecule has 0 saturated carbocycles. The van der Waals surface area contributed by atoms with Crippen LogP contribution in [0, 0.1) is 6.92 Å². The van der Waals surface area contributed by atoms with E-state index >= 15 is 0 Å². The van der Waals surface area contributed by atoms with Gasteiger partial charge in [-0.25, -0.2) is 9.97 Å². The number of nitrogens with zero attached hydrogens (tertiary/aromatic N) is 3. The summed E-state index contributed by atoms with van der Waals surface area (Å²) in [5.74, 6) is 0. The highest BCUT2D eigenvalue weighted by Crippen LogP contribution is 2.04. The molecule has 3 nitrogen and oxygen atoms in total. The van der Waals surface area contributed by atoms with E-state index in [4.69, 9.17) is 11.6 Å². The van der Waals surface area contributed by atoms with Crippen LogP contribution in [0.15, 0.2) is 11.2 Å². The van der Waals surface area contributed by atoms with E-state index in [0.29, 0.717) is 0 Å². The molecule has 0 aliphatic carbocycles. The van der Waals surface area contributed by atoms with Crippen molar-refractivity contribution in [3.8, 4) is 0 Å². The number of halogens is 1. The Morgan fingerprint density at radius 2 is 2.36 bits per heavy atom. The van der Waals surface area contributed by atoms with Gasteiger partial charge in [0.05, 0.1) is 5.69 Å². The Morgan fingerprint density at radius 3 is 3.00 bits per heavy atom. The van der Waals surface area contributed by atoms with E-state index in [2.05, 4.69) is 15.0 Å². The van der Waals surface area contributed by atoms with Crippen molar-refractivity contribution in [1.82, 2.24) is 9.97 Å². The summed E-state index contributed by atoms with van der Waals surface area (Å²) in [5, 5.41) is 0.255. The van der Waals surface area contributed by atoms with Crippen LogP contribution in [-0.2, 0) is 0 Å². The summed E-state index contributed by atoms with van der Waals surface area (Å²) in [6, 6.07) is 0. The van der Waals surface area contributed by atoms with Crippen LogP contribution in [0.3, 0.4) is 0 Å². The maximum absolute atomic E-state index is 5.57. The van der Waals surface area contributed by atoms with Crippen LogP contribution in [-0.4, -0.2) is 23.2 Å². The lowest BCUT2D eigenvalue weighted by Crippen LogP contribution is -1.94. The molecule has 0 aromatic carbocycles. The van der Waals surface area contributed by atoms with E-state index in [1.165, 1.54) is 0 Å². The largest absolute Gasteiger partial charge is 0.294 e. The maximum atomic E-state index is 5.57. The van der Waals surface area contributed by atoms with Crippen molar-refractivity contribution in [2.75, 3.05) is 7.05 Å². The lowest BCUT2D eigenvalue weighted by Gasteiger charge is -1.96. The molecule has 1 rings (SSSR count). The zero-order valence-corrected chi connectivity index (χ0v) is 7.13. The van der Waals surface area contributed by atoms with Gasteiger partial charge >= 0.3 is 0 Å². The second kappa shape index (κ2) is 3.44. The Bertz CT molecular complexity index is 283. The number of hydrogen-bond acceptors (Lipinski definition) is 3. The Kier molecular flexibility index (Phi) is 2.54. The molecule has 0 unspecified atom stereocenters. The highest BCUT2D eigenvalue weighted by Gasteiger charge is 1.97. The van der Waals surface area contributed by atoms with Gasteiger partial charge in [-0.3, -0.25) is 4.99 Å². The molecule has 0 N–H and O–H groups in total. The van der Waals surface area contributed by atoms with Crippen molar-refractivity contribution in [1.29, 1.82) is 0 Å². The molecular weight excluding hydrogens is 162 g/mol. The second-order valence-corrected chi connectivity index (χ2v) is 2.43. The van der Waals surface area contributed by atoms with Gasteiger partial charge in [0.1, 0.15) is 0 Å². The van der Waals surface area contributed by atoms with Gasteiger partial charge < -0.3 is 0 Å². The minimum atomic E-state index is 0.255. The van der Waals surface area contributed by atoms with E-state index in [-0.39, 0.29) is 5.28 Å². The first-order valence-corrected chi connectivity index (χ1v) is 3.53. The molecule has 1 aromatic rings. The second-order valence-electron chi connectivity index (χ2n) is 2.09. The summed E-state index contributed by atoms with van der Waals surface area (Å²) in [4.78, 5) is 11.6. The average Bonchev–Trinajstić information content (AvgIpc) is 1.98. The minimum absolute atomic E-state index is 0.255. The average molecular weight is 170 g/mol. The highest BCUT2D eigenvalue weighted by atomic mass is 35.5. The Morgan fingerprint density at radius 1 is 1.64 bits per heavy atom. The van der Waals surface area contributed by atoms with Gasteiger partial charge in [0.15, 0.2) is 0 Å². The summed E-state index contributed by atoms with van der Waals surface area (Å²) in [6.07, 6.45) is 3.33. The van der Waals surface area contributed by atoms with Crippen LogP contribution < -0.4 is 0 Å². The molecule has 1 heterocycles. The molecule has 0 aliphatic heterocycles. The molecule has 0 amide bonds. The van der Waals surface area contributed by atoms with Crippen molar-refractivity contribution in [2.24, 2.45) is 4.99 Å². The minimum Gasteiger partial charge on any atom is -0.294 e. The van der Waals surface area contributed by atoms with Crippen molar-refractivity contribution >= 4 is 17.8 Å². The third-order valence-corrected chi connectivity index (χ3v) is 1.41. The van der Waals surface area contributed by atoms with Crippen LogP contribution in [0.25, 0.3) is 0 Å². The van der Waals surface area contributed by atoms with Crippen LogP contribution in [0.1, 0.15) is 11.3 Å². The molecule has 58 valence electrons. The number of aliphatic imine (C=N–C) groups is 1. The van der Waals surface area contributed by atoms with E-state index < -0.39 is 0 Å². The third kappa shape index (κ3) is 1.98. The molecule has 0 spiro atoms. The third-order valence-electron chi connectivity index (χ3n) is 1.23. The summed E-state index contributed by atoms with van der Waals surface area (Å²) in [7, 11) is 1.69. The monoisotopic (exact) mass is 169 g/mol. The van der Waals surface area contributed by atoms with Gasteiger partial charge in [-0.15, -0.1) is 0 Å². The SMILES string of the molecule is CN=Cc1nc(Cl)ncc1C. The molecule has 0 fully saturated rings. The maximum Gasteiger partial charge on any atom is 0.222 e. The van der Waals surface area contributed by atoms with Crippen molar-refractivity contribution < 1.29 is 0 Å². The van der Waals surface area contributed by atoms with E-state index in [0.717, 1.165) is 11.3 Å². The fraction of sp³-hybridized carbons (Fsp3) is 0.286. The van der Waals surface area contributed by atoms with E-state index in [1.54, 1.807) is 19.5 Å². The van der Waals surface area contributed by atoms with Gasteiger partial charge in [0, 0.05) is 19.5 Å². The predicted octanol–water partition coefficient (Wildman–Crippen LogP) is 1.49. The molecule has 0 atom stereocenters. The predicted molar refractivity (Wildman–Crippen MR) is 45.3 cm³/mol. The lowest BCUT2D eigenvalue weighted by atomic mass is 10.3. The zero-order chi connectivity index (χ0) is 8.27. The Balaban J connectivity index is 3.12. The van der Waals surface area contributed by atoms with E-state index in [1.807, 2.05) is 6.92 Å². The van der Waals surface area contributed by atoms with E-state index in [9.17, 15) is 0 Å². The van der Waals surface area contributed by atoms with Gasteiger partial charge in [-0.2, -0.15) is 0 Å². The quantitative estimate of drug-likeness (QED) is 0.472. The standard InChI is InChI=1S/C7H8ClN3/c1-5-3-10-7(8)11-6(5)4-9-2/h3-4H,1-2H3. The van der Waals surface area contributed by atoms with Gasteiger partial charge in [0.2, 0.25) is 5.28 Å². The molecule has 4 heteroatoms. The van der Waals surface area contributed by atoms with Gasteiger partial charge in [-0.1, -0.05) is 0 Å². The first-order chi connectivity index (χ1) is 5.24. The van der Waals surface area contributed by atoms with Crippen LogP contribution in [0.2, 0.25) is 5.28 Å². The number of rotatable bonds is 1. The zero-order valence-electron chi connectivity index (χ0n) is 6.37. The van der Waals surface area contributed by atoms with Crippen molar-refractivity contribution in [3.63, 3.8) is 0 Å². The van der Waals surface area contributed by atoms with Gasteiger partial charge in [0.25, 0.3) is 0 Å². The van der Waals surface area contributed by atoms with Crippen molar-refractivity contribution in [3.05, 3.63) is 22.7 Å². The summed E-state index contributed by atoms with van der Waals surface area (Å²) < 4.78 is 0. The fourth-order valence-electron chi connectivity index (χ4n) is 0.686. The normalized spacial score (nSPS) is 10.8. The summed E-state index contributed by atoms with van der Waals surface area (Å²) >= 11 is 5.57. The lowest BCUT2D eigenvalue weighted by molar-refractivity contribution is 1.11. The highest BCUT2D eigenvalue weighted by molar-refractivity contribution is 6.28. The van der Waals surface area contributed by atoms with Crippen LogP contribution >= 0.6 is 11.6 Å². The van der Waals surface area contributed by atoms with Gasteiger partial charge in [-0.05, 0) is 24.1 Å².